The largest absolute Gasteiger partial charge is 0.370 e. The molecule has 1 saturated carbocycles. The van der Waals surface area contributed by atoms with E-state index < -0.39 is 15.5 Å². The maximum Gasteiger partial charge on any atom is 0.220 e. The van der Waals surface area contributed by atoms with Gasteiger partial charge in [-0.2, -0.15) is 4.99 Å². The molecule has 1 saturated heterocycles. The lowest BCUT2D eigenvalue weighted by molar-refractivity contribution is 0.305. The van der Waals surface area contributed by atoms with Gasteiger partial charge in [0.15, 0.2) is 9.84 Å². The number of nitrogens with zero attached hydrogens (tertiary/aromatic N) is 4. The molecule has 0 aromatic heterocycles. The third kappa shape index (κ3) is 3.32. The lowest BCUT2D eigenvalue weighted by Crippen LogP contribution is -2.58. The molecule has 0 bridgehead atoms. The minimum Gasteiger partial charge on any atom is -0.370 e. The number of benzene rings is 1. The number of nitrogens with two attached hydrogens (primary N) is 2. The third-order valence-corrected chi connectivity index (χ3v) is 7.04. The molecule has 1 aromatic rings. The zero-order valence-corrected chi connectivity index (χ0v) is 17.1. The lowest BCUT2D eigenvalue weighted by Gasteiger charge is -2.45. The van der Waals surface area contributed by atoms with Gasteiger partial charge in [0, 0.05) is 25.0 Å². The van der Waals surface area contributed by atoms with Crippen LogP contribution in [-0.2, 0) is 9.84 Å². The van der Waals surface area contributed by atoms with Crippen molar-refractivity contribution in [3.8, 4) is 0 Å². The van der Waals surface area contributed by atoms with Crippen molar-refractivity contribution in [3.63, 3.8) is 0 Å². The van der Waals surface area contributed by atoms with E-state index in [2.05, 4.69) is 9.89 Å². The zero-order valence-electron chi connectivity index (χ0n) is 16.3. The van der Waals surface area contributed by atoms with Gasteiger partial charge in [-0.15, -0.1) is 0 Å². The Morgan fingerprint density at radius 3 is 2.36 bits per heavy atom. The maximum atomic E-state index is 12.4. The molecule has 152 valence electrons. The monoisotopic (exact) mass is 404 g/mol. The maximum absolute atomic E-state index is 12.4. The van der Waals surface area contributed by atoms with E-state index in [9.17, 15) is 8.42 Å². The summed E-state index contributed by atoms with van der Waals surface area (Å²) < 4.78 is 24.7. The van der Waals surface area contributed by atoms with Crippen molar-refractivity contribution in [2.75, 3.05) is 29.1 Å². The topological polar surface area (TPSA) is 117 Å². The second kappa shape index (κ2) is 6.95. The molecule has 1 aromatic carbocycles. The summed E-state index contributed by atoms with van der Waals surface area (Å²) in [6.45, 7) is 1.71. The highest BCUT2D eigenvalue weighted by Gasteiger charge is 2.43. The summed E-state index contributed by atoms with van der Waals surface area (Å²) in [5.74, 6) is 0.525. The Morgan fingerprint density at radius 2 is 1.71 bits per heavy atom. The van der Waals surface area contributed by atoms with Gasteiger partial charge in [0.1, 0.15) is 5.66 Å². The molecule has 28 heavy (non-hydrogen) atoms. The second-order valence-corrected chi connectivity index (χ2v) is 9.92. The van der Waals surface area contributed by atoms with Gasteiger partial charge in [0.2, 0.25) is 11.9 Å². The van der Waals surface area contributed by atoms with Crippen LogP contribution in [0.15, 0.2) is 33.1 Å². The minimum atomic E-state index is -3.34. The van der Waals surface area contributed by atoms with Crippen LogP contribution >= 0.6 is 0 Å². The van der Waals surface area contributed by atoms with Crippen molar-refractivity contribution in [2.24, 2.45) is 21.5 Å². The van der Waals surface area contributed by atoms with E-state index in [1.807, 2.05) is 17.0 Å². The standard InChI is InChI=1S/C19H28N6O2S/c1-28(26,27)16-8-7-14(13-15(16)24-11-5-6-12-24)25-18(21)22-17(20)23-19(25)9-3-2-4-10-19/h7-8,13H,2-6,9-12H2,1H3,(H4,20,21,22,23). The molecule has 1 aliphatic carbocycles. The van der Waals surface area contributed by atoms with E-state index in [1.54, 1.807) is 6.07 Å². The van der Waals surface area contributed by atoms with E-state index in [1.165, 1.54) is 6.26 Å². The van der Waals surface area contributed by atoms with Gasteiger partial charge in [0.05, 0.1) is 10.6 Å². The minimum absolute atomic E-state index is 0.211. The number of hydrogen-bond acceptors (Lipinski definition) is 8. The number of aliphatic imine (C=N–C) groups is 2. The molecule has 1 spiro atoms. The molecule has 4 N–H and O–H groups in total. The molecular weight excluding hydrogens is 376 g/mol. The lowest BCUT2D eigenvalue weighted by atomic mass is 9.87. The van der Waals surface area contributed by atoms with Crippen LogP contribution in [0.4, 0.5) is 11.4 Å². The first-order valence-electron chi connectivity index (χ1n) is 9.89. The summed E-state index contributed by atoms with van der Waals surface area (Å²) in [5.41, 5.74) is 13.3. The molecule has 8 nitrogen and oxygen atoms in total. The highest BCUT2D eigenvalue weighted by atomic mass is 32.2. The third-order valence-electron chi connectivity index (χ3n) is 5.90. The molecule has 3 aliphatic rings. The number of rotatable bonds is 3. The molecular formula is C19H28N6O2S. The zero-order chi connectivity index (χ0) is 19.9. The van der Waals surface area contributed by atoms with Gasteiger partial charge in [-0.25, -0.2) is 13.4 Å². The van der Waals surface area contributed by atoms with Crippen molar-refractivity contribution in [1.82, 2.24) is 0 Å². The molecule has 0 radical (unpaired) electrons. The molecule has 2 heterocycles. The van der Waals surface area contributed by atoms with Crippen LogP contribution in [-0.4, -0.2) is 45.3 Å². The molecule has 4 rings (SSSR count). The van der Waals surface area contributed by atoms with Crippen LogP contribution < -0.4 is 21.3 Å². The number of guanidine groups is 2. The first-order chi connectivity index (χ1) is 13.3. The van der Waals surface area contributed by atoms with E-state index in [4.69, 9.17) is 16.5 Å². The summed E-state index contributed by atoms with van der Waals surface area (Å²) in [6.07, 6.45) is 8.31. The predicted octanol–water partition coefficient (Wildman–Crippen LogP) is 1.80. The highest BCUT2D eigenvalue weighted by Crippen LogP contribution is 2.41. The molecule has 2 fully saturated rings. The van der Waals surface area contributed by atoms with E-state index in [0.29, 0.717) is 10.9 Å². The average Bonchev–Trinajstić information content (AvgIpc) is 3.15. The quantitative estimate of drug-likeness (QED) is 0.793. The van der Waals surface area contributed by atoms with Crippen LogP contribution in [0.2, 0.25) is 0 Å². The Bertz CT molecular complexity index is 928. The van der Waals surface area contributed by atoms with E-state index >= 15 is 0 Å². The van der Waals surface area contributed by atoms with Gasteiger partial charge < -0.3 is 16.4 Å². The molecule has 2 aliphatic heterocycles. The number of sulfone groups is 1. The van der Waals surface area contributed by atoms with Gasteiger partial charge >= 0.3 is 0 Å². The summed E-state index contributed by atoms with van der Waals surface area (Å²) >= 11 is 0. The van der Waals surface area contributed by atoms with Crippen LogP contribution in [0.1, 0.15) is 44.9 Å². The van der Waals surface area contributed by atoms with E-state index in [-0.39, 0.29) is 5.96 Å². The molecule has 0 unspecified atom stereocenters. The highest BCUT2D eigenvalue weighted by molar-refractivity contribution is 7.90. The second-order valence-electron chi connectivity index (χ2n) is 7.94. The smallest absolute Gasteiger partial charge is 0.220 e. The number of anilines is 2. The average molecular weight is 405 g/mol. The molecule has 0 atom stereocenters. The van der Waals surface area contributed by atoms with Crippen LogP contribution in [0.5, 0.6) is 0 Å². The van der Waals surface area contributed by atoms with Crippen LogP contribution in [0.3, 0.4) is 0 Å². The Labute approximate surface area is 166 Å². The van der Waals surface area contributed by atoms with Crippen molar-refractivity contribution in [3.05, 3.63) is 18.2 Å². The van der Waals surface area contributed by atoms with Crippen molar-refractivity contribution in [1.29, 1.82) is 0 Å². The fraction of sp³-hybridized carbons (Fsp3) is 0.579. The van der Waals surface area contributed by atoms with Crippen molar-refractivity contribution in [2.45, 2.75) is 55.5 Å². The Balaban J connectivity index is 1.83. The van der Waals surface area contributed by atoms with Gasteiger partial charge in [0.25, 0.3) is 0 Å². The normalized spacial score (nSPS) is 22.3. The van der Waals surface area contributed by atoms with Crippen LogP contribution in [0, 0.1) is 0 Å². The summed E-state index contributed by atoms with van der Waals surface area (Å²) in [7, 11) is -3.34. The first kappa shape index (κ1) is 19.0. The Morgan fingerprint density at radius 1 is 1.04 bits per heavy atom. The fourth-order valence-corrected chi connectivity index (χ4v) is 5.54. The van der Waals surface area contributed by atoms with Crippen molar-refractivity contribution >= 4 is 33.1 Å². The van der Waals surface area contributed by atoms with Crippen LogP contribution in [0.25, 0.3) is 0 Å². The molecule has 9 heteroatoms. The fourth-order valence-electron chi connectivity index (χ4n) is 4.66. The Kier molecular flexibility index (Phi) is 4.73. The SMILES string of the molecule is CS(=O)(=O)c1ccc(N2C(N)=NC(N)=NC23CCCCC3)cc1N1CCCC1. The van der Waals surface area contributed by atoms with Gasteiger partial charge in [-0.1, -0.05) is 6.42 Å². The Hall–Kier alpha value is -2.29. The number of hydrogen-bond donors (Lipinski definition) is 2. The van der Waals surface area contributed by atoms with Crippen molar-refractivity contribution < 1.29 is 8.42 Å². The predicted molar refractivity (Wildman–Crippen MR) is 113 cm³/mol. The summed E-state index contributed by atoms with van der Waals surface area (Å²) in [5, 5.41) is 0. The molecule has 0 amide bonds. The summed E-state index contributed by atoms with van der Waals surface area (Å²) in [6, 6.07) is 5.42. The van der Waals surface area contributed by atoms with Gasteiger partial charge in [-0.05, 0) is 56.7 Å². The van der Waals surface area contributed by atoms with Gasteiger partial charge in [-0.3, -0.25) is 4.90 Å². The first-order valence-corrected chi connectivity index (χ1v) is 11.8. The van der Waals surface area contributed by atoms with E-state index in [0.717, 1.165) is 69.4 Å². The summed E-state index contributed by atoms with van der Waals surface area (Å²) in [4.78, 5) is 13.4.